The van der Waals surface area contributed by atoms with Crippen LogP contribution in [0.5, 0.6) is 0 Å². The molecule has 1 aliphatic heterocycles. The molecule has 2 atom stereocenters. The largest absolute Gasteiger partial charge is 0.303 e. The van der Waals surface area contributed by atoms with E-state index in [-0.39, 0.29) is 5.41 Å². The Kier molecular flexibility index (Phi) is 4.11. The average molecular weight is 197 g/mol. The van der Waals surface area contributed by atoms with E-state index in [1.54, 1.807) is 0 Å². The highest BCUT2D eigenvalue weighted by Crippen LogP contribution is 2.26. The zero-order chi connectivity index (χ0) is 10.6. The second-order valence-electron chi connectivity index (χ2n) is 4.98. The Morgan fingerprint density at radius 3 is 2.71 bits per heavy atom. The van der Waals surface area contributed by atoms with E-state index in [4.69, 9.17) is 0 Å². The summed E-state index contributed by atoms with van der Waals surface area (Å²) < 4.78 is 0. The third kappa shape index (κ3) is 2.81. The molecule has 1 saturated heterocycles. The third-order valence-electron chi connectivity index (χ3n) is 3.36. The van der Waals surface area contributed by atoms with Gasteiger partial charge in [0.2, 0.25) is 0 Å². The van der Waals surface area contributed by atoms with Gasteiger partial charge in [-0.1, -0.05) is 20.3 Å². The monoisotopic (exact) mass is 197 g/mol. The standard InChI is InChI=1S/C12H23NO/c1-4-7-12(3,10-14)9-13-8-5-6-11(13)2/h10-11H,4-9H2,1-3H3. The van der Waals surface area contributed by atoms with Gasteiger partial charge in [-0.25, -0.2) is 0 Å². The Bertz CT molecular complexity index is 193. The number of nitrogens with zero attached hydrogens (tertiary/aromatic N) is 1. The van der Waals surface area contributed by atoms with Crippen LogP contribution in [0.25, 0.3) is 0 Å². The molecule has 1 rings (SSSR count). The molecule has 0 radical (unpaired) electrons. The van der Waals surface area contributed by atoms with Crippen LogP contribution in [-0.2, 0) is 4.79 Å². The lowest BCUT2D eigenvalue weighted by Crippen LogP contribution is -2.38. The summed E-state index contributed by atoms with van der Waals surface area (Å²) in [6.07, 6.45) is 5.85. The smallest absolute Gasteiger partial charge is 0.127 e. The van der Waals surface area contributed by atoms with Crippen molar-refractivity contribution in [2.45, 2.75) is 52.5 Å². The predicted octanol–water partition coefficient (Wildman–Crippen LogP) is 2.48. The lowest BCUT2D eigenvalue weighted by molar-refractivity contribution is -0.116. The van der Waals surface area contributed by atoms with E-state index >= 15 is 0 Å². The molecular weight excluding hydrogens is 174 g/mol. The second-order valence-corrected chi connectivity index (χ2v) is 4.98. The minimum atomic E-state index is -0.118. The topological polar surface area (TPSA) is 20.3 Å². The molecule has 2 unspecified atom stereocenters. The highest BCUT2D eigenvalue weighted by molar-refractivity contribution is 5.59. The molecule has 1 fully saturated rings. The fourth-order valence-corrected chi connectivity index (χ4v) is 2.44. The van der Waals surface area contributed by atoms with Gasteiger partial charge < -0.3 is 4.79 Å². The van der Waals surface area contributed by atoms with Crippen LogP contribution in [0.3, 0.4) is 0 Å². The molecule has 1 aliphatic rings. The van der Waals surface area contributed by atoms with Gasteiger partial charge in [0, 0.05) is 18.0 Å². The number of aldehydes is 1. The number of hydrogen-bond donors (Lipinski definition) is 0. The Labute approximate surface area is 87.7 Å². The van der Waals surface area contributed by atoms with Crippen LogP contribution in [0.15, 0.2) is 0 Å². The van der Waals surface area contributed by atoms with Gasteiger partial charge in [0.15, 0.2) is 0 Å². The number of hydrogen-bond acceptors (Lipinski definition) is 2. The van der Waals surface area contributed by atoms with Gasteiger partial charge in [0.1, 0.15) is 6.29 Å². The van der Waals surface area contributed by atoms with E-state index in [1.807, 2.05) is 0 Å². The van der Waals surface area contributed by atoms with Gasteiger partial charge >= 0.3 is 0 Å². The maximum atomic E-state index is 11.1. The molecule has 0 aromatic carbocycles. The van der Waals surface area contributed by atoms with Crippen molar-refractivity contribution in [2.75, 3.05) is 13.1 Å². The molecule has 1 heterocycles. The molecule has 0 aromatic rings. The van der Waals surface area contributed by atoms with Crippen LogP contribution >= 0.6 is 0 Å². The van der Waals surface area contributed by atoms with E-state index in [2.05, 4.69) is 25.7 Å². The van der Waals surface area contributed by atoms with Crippen LogP contribution in [-0.4, -0.2) is 30.3 Å². The molecule has 0 aliphatic carbocycles. The Hall–Kier alpha value is -0.370. The molecule has 14 heavy (non-hydrogen) atoms. The van der Waals surface area contributed by atoms with E-state index in [1.165, 1.54) is 19.4 Å². The SMILES string of the molecule is CCCC(C)(C=O)CN1CCCC1C. The summed E-state index contributed by atoms with van der Waals surface area (Å²) in [5.74, 6) is 0. The van der Waals surface area contributed by atoms with Gasteiger partial charge in [-0.2, -0.15) is 0 Å². The summed E-state index contributed by atoms with van der Waals surface area (Å²) >= 11 is 0. The second kappa shape index (κ2) is 4.92. The maximum Gasteiger partial charge on any atom is 0.127 e. The van der Waals surface area contributed by atoms with Crippen molar-refractivity contribution in [3.05, 3.63) is 0 Å². The fourth-order valence-electron chi connectivity index (χ4n) is 2.44. The van der Waals surface area contributed by atoms with E-state index < -0.39 is 0 Å². The average Bonchev–Trinajstić information content (AvgIpc) is 2.52. The molecule has 0 saturated carbocycles. The van der Waals surface area contributed by atoms with Crippen LogP contribution in [0.2, 0.25) is 0 Å². The third-order valence-corrected chi connectivity index (χ3v) is 3.36. The number of rotatable bonds is 5. The first-order valence-electron chi connectivity index (χ1n) is 5.81. The molecule has 0 N–H and O–H groups in total. The normalized spacial score (nSPS) is 27.5. The number of carbonyl (C=O) groups is 1. The van der Waals surface area contributed by atoms with Crippen LogP contribution in [0, 0.1) is 5.41 Å². The summed E-state index contributed by atoms with van der Waals surface area (Å²) in [6.45, 7) is 8.63. The van der Waals surface area contributed by atoms with Crippen molar-refractivity contribution in [1.82, 2.24) is 4.90 Å². The van der Waals surface area contributed by atoms with E-state index in [0.29, 0.717) is 6.04 Å². The fraction of sp³-hybridized carbons (Fsp3) is 0.917. The van der Waals surface area contributed by atoms with Crippen LogP contribution < -0.4 is 0 Å². The molecule has 2 nitrogen and oxygen atoms in total. The summed E-state index contributed by atoms with van der Waals surface area (Å²) in [5, 5.41) is 0. The summed E-state index contributed by atoms with van der Waals surface area (Å²) in [7, 11) is 0. The lowest BCUT2D eigenvalue weighted by atomic mass is 9.86. The quantitative estimate of drug-likeness (QED) is 0.631. The van der Waals surface area contributed by atoms with Gasteiger partial charge in [0.25, 0.3) is 0 Å². The molecule has 0 amide bonds. The number of carbonyl (C=O) groups excluding carboxylic acids is 1. The number of likely N-dealkylation sites (tertiary alicyclic amines) is 1. The Balaban J connectivity index is 2.50. The van der Waals surface area contributed by atoms with Crippen molar-refractivity contribution in [2.24, 2.45) is 5.41 Å². The lowest BCUT2D eigenvalue weighted by Gasteiger charge is -2.31. The first-order valence-corrected chi connectivity index (χ1v) is 5.81. The first kappa shape index (κ1) is 11.7. The summed E-state index contributed by atoms with van der Waals surface area (Å²) in [4.78, 5) is 13.5. The molecule has 0 aromatic heterocycles. The van der Waals surface area contributed by atoms with Gasteiger partial charge in [-0.15, -0.1) is 0 Å². The van der Waals surface area contributed by atoms with Gasteiger partial charge in [-0.3, -0.25) is 4.90 Å². The minimum Gasteiger partial charge on any atom is -0.303 e. The van der Waals surface area contributed by atoms with Gasteiger partial charge in [0.05, 0.1) is 0 Å². The van der Waals surface area contributed by atoms with Gasteiger partial charge in [-0.05, 0) is 32.7 Å². The highest BCUT2D eigenvalue weighted by atomic mass is 16.1. The molecule has 2 heteroatoms. The van der Waals surface area contributed by atoms with Crippen molar-refractivity contribution in [3.8, 4) is 0 Å². The Morgan fingerprint density at radius 1 is 1.57 bits per heavy atom. The van der Waals surface area contributed by atoms with Crippen molar-refractivity contribution in [1.29, 1.82) is 0 Å². The maximum absolute atomic E-state index is 11.1. The van der Waals surface area contributed by atoms with E-state index in [9.17, 15) is 4.79 Å². The highest BCUT2D eigenvalue weighted by Gasteiger charge is 2.30. The van der Waals surface area contributed by atoms with E-state index in [0.717, 1.165) is 25.7 Å². The molecule has 82 valence electrons. The van der Waals surface area contributed by atoms with Crippen LogP contribution in [0.1, 0.15) is 46.5 Å². The zero-order valence-electron chi connectivity index (χ0n) is 9.75. The van der Waals surface area contributed by atoms with Crippen molar-refractivity contribution < 1.29 is 4.79 Å². The first-order chi connectivity index (χ1) is 6.61. The van der Waals surface area contributed by atoms with Crippen molar-refractivity contribution >= 4 is 6.29 Å². The Morgan fingerprint density at radius 2 is 2.29 bits per heavy atom. The molecular formula is C12H23NO. The minimum absolute atomic E-state index is 0.118. The summed E-state index contributed by atoms with van der Waals surface area (Å²) in [5.41, 5.74) is -0.118. The van der Waals surface area contributed by atoms with Crippen LogP contribution in [0.4, 0.5) is 0 Å². The van der Waals surface area contributed by atoms with Crippen molar-refractivity contribution in [3.63, 3.8) is 0 Å². The zero-order valence-corrected chi connectivity index (χ0v) is 9.75. The predicted molar refractivity (Wildman–Crippen MR) is 59.3 cm³/mol. The summed E-state index contributed by atoms with van der Waals surface area (Å²) in [6, 6.07) is 0.672. The molecule has 0 spiro atoms. The molecule has 0 bridgehead atoms.